The normalized spacial score (nSPS) is 10.8. The number of aryl methyl sites for hydroxylation is 2. The summed E-state index contributed by atoms with van der Waals surface area (Å²) in [5.41, 5.74) is 3.39. The first kappa shape index (κ1) is 16.8. The molecule has 2 aromatic carbocycles. The highest BCUT2D eigenvalue weighted by Gasteiger charge is 2.10. The summed E-state index contributed by atoms with van der Waals surface area (Å²) in [6.45, 7) is 0.412. The van der Waals surface area contributed by atoms with Gasteiger partial charge in [0.1, 0.15) is 5.75 Å². The van der Waals surface area contributed by atoms with E-state index >= 15 is 0 Å². The van der Waals surface area contributed by atoms with Gasteiger partial charge in [-0.15, -0.1) is 0 Å². The molecule has 0 spiro atoms. The van der Waals surface area contributed by atoms with E-state index in [1.807, 2.05) is 42.5 Å². The average Bonchev–Trinajstić information content (AvgIpc) is 2.84. The molecule has 3 aromatic rings. The van der Waals surface area contributed by atoms with Crippen LogP contribution in [0.3, 0.4) is 0 Å². The van der Waals surface area contributed by atoms with Gasteiger partial charge >= 0.3 is 5.69 Å². The highest BCUT2D eigenvalue weighted by molar-refractivity contribution is 5.82. The van der Waals surface area contributed by atoms with Gasteiger partial charge in [-0.1, -0.05) is 24.3 Å². The van der Waals surface area contributed by atoms with Crippen LogP contribution < -0.4 is 15.7 Å². The fraction of sp³-hybridized carbons (Fsp3) is 0.263. The monoisotopic (exact) mass is 339 g/mol. The maximum Gasteiger partial charge on any atom is 0.328 e. The Morgan fingerprint density at radius 2 is 1.80 bits per heavy atom. The minimum absolute atomic E-state index is 0.0761. The largest absolute Gasteiger partial charge is 0.496 e. The second kappa shape index (κ2) is 6.84. The number of ether oxygens (including phenoxy) is 1. The van der Waals surface area contributed by atoms with Crippen LogP contribution in [0, 0.1) is 0 Å². The number of benzene rings is 2. The Balaban J connectivity index is 1.72. The van der Waals surface area contributed by atoms with Gasteiger partial charge < -0.3 is 10.1 Å². The number of rotatable bonds is 5. The number of para-hydroxylation sites is 1. The molecule has 1 amide bonds. The molecular weight excluding hydrogens is 318 g/mol. The smallest absolute Gasteiger partial charge is 0.328 e. The van der Waals surface area contributed by atoms with E-state index in [4.69, 9.17) is 4.74 Å². The Hall–Kier alpha value is -3.02. The third-order valence-electron chi connectivity index (χ3n) is 4.37. The number of imidazole rings is 1. The number of hydrogen-bond acceptors (Lipinski definition) is 3. The van der Waals surface area contributed by atoms with Crippen LogP contribution in [0.2, 0.25) is 0 Å². The first-order valence-electron chi connectivity index (χ1n) is 8.04. The van der Waals surface area contributed by atoms with Gasteiger partial charge in [-0.2, -0.15) is 0 Å². The highest BCUT2D eigenvalue weighted by Crippen LogP contribution is 2.17. The predicted octanol–water partition coefficient (Wildman–Crippen LogP) is 1.74. The van der Waals surface area contributed by atoms with Crippen molar-refractivity contribution < 1.29 is 9.53 Å². The molecule has 130 valence electrons. The predicted molar refractivity (Wildman–Crippen MR) is 96.7 cm³/mol. The van der Waals surface area contributed by atoms with Gasteiger partial charge in [0.15, 0.2) is 0 Å². The fourth-order valence-electron chi connectivity index (χ4n) is 2.95. The van der Waals surface area contributed by atoms with E-state index in [0.29, 0.717) is 6.54 Å². The molecule has 0 radical (unpaired) electrons. The summed E-state index contributed by atoms with van der Waals surface area (Å²) < 4.78 is 8.47. The molecule has 0 aliphatic rings. The number of hydrogen-bond donors (Lipinski definition) is 1. The molecule has 0 bridgehead atoms. The Morgan fingerprint density at radius 3 is 2.56 bits per heavy atom. The number of fused-ring (bicyclic) bond motifs is 1. The lowest BCUT2D eigenvalue weighted by molar-refractivity contribution is -0.120. The van der Waals surface area contributed by atoms with Crippen LogP contribution in [0.1, 0.15) is 11.1 Å². The summed E-state index contributed by atoms with van der Waals surface area (Å²) in [5, 5.41) is 2.91. The Morgan fingerprint density at radius 1 is 1.08 bits per heavy atom. The van der Waals surface area contributed by atoms with Gasteiger partial charge in [-0.25, -0.2) is 4.79 Å². The zero-order valence-corrected chi connectivity index (χ0v) is 14.6. The van der Waals surface area contributed by atoms with Crippen LogP contribution in [0.25, 0.3) is 11.0 Å². The van der Waals surface area contributed by atoms with E-state index in [9.17, 15) is 9.59 Å². The number of aromatic nitrogens is 2. The molecule has 1 N–H and O–H groups in total. The number of nitrogens with zero attached hydrogens (tertiary/aromatic N) is 2. The molecule has 0 aliphatic carbocycles. The second-order valence-corrected chi connectivity index (χ2v) is 5.99. The maximum absolute atomic E-state index is 12.3. The van der Waals surface area contributed by atoms with Crippen LogP contribution in [0.4, 0.5) is 0 Å². The quantitative estimate of drug-likeness (QED) is 0.770. The first-order chi connectivity index (χ1) is 12.0. The van der Waals surface area contributed by atoms with Crippen LogP contribution in [-0.2, 0) is 31.9 Å². The summed E-state index contributed by atoms with van der Waals surface area (Å²) in [5.74, 6) is 0.676. The van der Waals surface area contributed by atoms with E-state index < -0.39 is 0 Å². The molecule has 0 unspecified atom stereocenters. The molecule has 0 atom stereocenters. The van der Waals surface area contributed by atoms with Crippen molar-refractivity contribution >= 4 is 16.9 Å². The second-order valence-electron chi connectivity index (χ2n) is 5.99. The fourth-order valence-corrected chi connectivity index (χ4v) is 2.95. The number of methoxy groups -OCH3 is 1. The summed E-state index contributed by atoms with van der Waals surface area (Å²) in [7, 11) is 5.08. The zero-order valence-electron chi connectivity index (χ0n) is 14.6. The molecule has 25 heavy (non-hydrogen) atoms. The number of nitrogens with one attached hydrogen (secondary N) is 1. The van der Waals surface area contributed by atoms with Crippen molar-refractivity contribution in [2.45, 2.75) is 13.0 Å². The third kappa shape index (κ3) is 3.28. The molecule has 3 rings (SSSR count). The van der Waals surface area contributed by atoms with Crippen molar-refractivity contribution in [1.29, 1.82) is 0 Å². The minimum atomic E-state index is -0.0776. The van der Waals surface area contributed by atoms with Crippen LogP contribution in [0.5, 0.6) is 5.75 Å². The molecule has 1 aromatic heterocycles. The summed E-state index contributed by atoms with van der Waals surface area (Å²) >= 11 is 0. The molecule has 0 saturated carbocycles. The van der Waals surface area contributed by atoms with Crippen LogP contribution >= 0.6 is 0 Å². The third-order valence-corrected chi connectivity index (χ3v) is 4.37. The summed E-state index contributed by atoms with van der Waals surface area (Å²) in [6.07, 6.45) is 0.258. The van der Waals surface area contributed by atoms with Gasteiger partial charge in [-0.3, -0.25) is 13.9 Å². The van der Waals surface area contributed by atoms with Gasteiger partial charge in [0.25, 0.3) is 0 Å². The average molecular weight is 339 g/mol. The Labute approximate surface area is 145 Å². The lowest BCUT2D eigenvalue weighted by Crippen LogP contribution is -2.24. The van der Waals surface area contributed by atoms with E-state index in [0.717, 1.165) is 27.9 Å². The van der Waals surface area contributed by atoms with E-state index in [2.05, 4.69) is 5.32 Å². The van der Waals surface area contributed by atoms with Crippen LogP contribution in [-0.4, -0.2) is 22.2 Å². The summed E-state index contributed by atoms with van der Waals surface area (Å²) in [6, 6.07) is 13.2. The number of carbonyl (C=O) groups is 1. The summed E-state index contributed by atoms with van der Waals surface area (Å²) in [4.78, 5) is 24.2. The minimum Gasteiger partial charge on any atom is -0.496 e. The van der Waals surface area contributed by atoms with Crippen molar-refractivity contribution in [1.82, 2.24) is 14.5 Å². The molecule has 0 fully saturated rings. The lowest BCUT2D eigenvalue weighted by atomic mass is 10.1. The van der Waals surface area contributed by atoms with Gasteiger partial charge in [-0.05, 0) is 23.8 Å². The zero-order chi connectivity index (χ0) is 18.0. The number of carbonyl (C=O) groups excluding carboxylic acids is 1. The van der Waals surface area contributed by atoms with E-state index in [1.54, 1.807) is 30.3 Å². The highest BCUT2D eigenvalue weighted by atomic mass is 16.5. The Bertz CT molecular complexity index is 985. The van der Waals surface area contributed by atoms with Gasteiger partial charge in [0, 0.05) is 26.2 Å². The number of amides is 1. The first-order valence-corrected chi connectivity index (χ1v) is 8.04. The van der Waals surface area contributed by atoms with Crippen molar-refractivity contribution in [3.05, 3.63) is 64.1 Å². The molecule has 1 heterocycles. The molecule has 0 aliphatic heterocycles. The molecule has 6 heteroatoms. The van der Waals surface area contributed by atoms with Gasteiger partial charge in [0.2, 0.25) is 5.91 Å². The van der Waals surface area contributed by atoms with Crippen molar-refractivity contribution in [2.75, 3.05) is 7.11 Å². The van der Waals surface area contributed by atoms with E-state index in [1.165, 1.54) is 0 Å². The molecule has 0 saturated heterocycles. The van der Waals surface area contributed by atoms with Crippen LogP contribution in [0.15, 0.2) is 47.3 Å². The standard InChI is InChI=1S/C19H21N3O3/c1-21-15-9-8-13(10-16(15)22(2)19(21)24)11-18(23)20-12-14-6-4-5-7-17(14)25-3/h4-10H,11-12H2,1-3H3,(H,20,23). The van der Waals surface area contributed by atoms with Gasteiger partial charge in [0.05, 0.1) is 24.6 Å². The molecule has 6 nitrogen and oxygen atoms in total. The van der Waals surface area contributed by atoms with Crippen molar-refractivity contribution in [2.24, 2.45) is 14.1 Å². The lowest BCUT2D eigenvalue weighted by Gasteiger charge is -2.09. The van der Waals surface area contributed by atoms with Crippen molar-refractivity contribution in [3.8, 4) is 5.75 Å². The van der Waals surface area contributed by atoms with Crippen molar-refractivity contribution in [3.63, 3.8) is 0 Å². The Kier molecular flexibility index (Phi) is 4.61. The SMILES string of the molecule is COc1ccccc1CNC(=O)Cc1ccc2c(c1)n(C)c(=O)n2C. The topological polar surface area (TPSA) is 65.3 Å². The molecular formula is C19H21N3O3. The van der Waals surface area contributed by atoms with E-state index in [-0.39, 0.29) is 18.0 Å². The maximum atomic E-state index is 12.3.